The smallest absolute Gasteiger partial charge is 0.316 e. The summed E-state index contributed by atoms with van der Waals surface area (Å²) < 4.78 is 4.45. The summed E-state index contributed by atoms with van der Waals surface area (Å²) in [5, 5.41) is 0. The second kappa shape index (κ2) is 8.13. The first kappa shape index (κ1) is 11.0. The second-order valence-corrected chi connectivity index (χ2v) is 2.68. The molecular formula is C10H16O2. The lowest BCUT2D eigenvalue weighted by Crippen LogP contribution is -1.89. The van der Waals surface area contributed by atoms with Gasteiger partial charge in [0.1, 0.15) is 6.11 Å². The number of hydrogen-bond acceptors (Lipinski definition) is 2. The highest BCUT2D eigenvalue weighted by Crippen LogP contribution is 2.00. The van der Waals surface area contributed by atoms with Gasteiger partial charge in [0.15, 0.2) is 0 Å². The van der Waals surface area contributed by atoms with Gasteiger partial charge in [0.2, 0.25) is 0 Å². The first-order chi connectivity index (χ1) is 5.77. The summed E-state index contributed by atoms with van der Waals surface area (Å²) in [4.78, 5) is 10.3. The van der Waals surface area contributed by atoms with Gasteiger partial charge in [-0.1, -0.05) is 32.1 Å². The van der Waals surface area contributed by atoms with E-state index in [1.807, 2.05) is 0 Å². The van der Waals surface area contributed by atoms with Crippen LogP contribution in [0.15, 0.2) is 0 Å². The minimum Gasteiger partial charge on any atom is -0.372 e. The van der Waals surface area contributed by atoms with Gasteiger partial charge in [-0.15, -0.1) is 0 Å². The maximum atomic E-state index is 10.3. The summed E-state index contributed by atoms with van der Waals surface area (Å²) in [6, 6.07) is 0. The monoisotopic (exact) mass is 168 g/mol. The fourth-order valence-corrected chi connectivity index (χ4v) is 0.799. The number of unbranched alkanes of at least 4 members (excludes halogenated alkanes) is 4. The average Bonchev–Trinajstić information content (AvgIpc) is 2.02. The van der Waals surface area contributed by atoms with Crippen LogP contribution in [0.4, 0.5) is 0 Å². The Labute approximate surface area is 74.3 Å². The van der Waals surface area contributed by atoms with Crippen molar-refractivity contribution in [3.63, 3.8) is 0 Å². The molecule has 0 atom stereocenters. The van der Waals surface area contributed by atoms with Crippen LogP contribution in [0.3, 0.4) is 0 Å². The van der Waals surface area contributed by atoms with Gasteiger partial charge in [-0.25, -0.2) is 0 Å². The molecule has 0 rings (SSSR count). The van der Waals surface area contributed by atoms with E-state index in [-0.39, 0.29) is 5.97 Å². The molecule has 0 saturated carbocycles. The molecule has 2 nitrogen and oxygen atoms in total. The first-order valence-electron chi connectivity index (χ1n) is 4.42. The van der Waals surface area contributed by atoms with E-state index in [0.29, 0.717) is 0 Å². The number of hydrogen-bond donors (Lipinski definition) is 0. The molecule has 0 aromatic heterocycles. The molecule has 0 fully saturated rings. The second-order valence-electron chi connectivity index (χ2n) is 2.68. The molecule has 0 aliphatic carbocycles. The van der Waals surface area contributed by atoms with Crippen LogP contribution in [0, 0.1) is 12.0 Å². The molecular weight excluding hydrogens is 152 g/mol. The molecule has 0 radical (unpaired) electrons. The topological polar surface area (TPSA) is 26.3 Å². The predicted octanol–water partition coefficient (Wildman–Crippen LogP) is 2.48. The summed E-state index contributed by atoms with van der Waals surface area (Å²) in [6.45, 7) is 3.52. The Balaban J connectivity index is 3.16. The van der Waals surface area contributed by atoms with Gasteiger partial charge in [-0.2, -0.15) is 0 Å². The van der Waals surface area contributed by atoms with Crippen LogP contribution < -0.4 is 0 Å². The Morgan fingerprint density at radius 2 is 2.08 bits per heavy atom. The van der Waals surface area contributed by atoms with Crippen LogP contribution in [0.1, 0.15) is 46.0 Å². The maximum absolute atomic E-state index is 10.3. The fourth-order valence-electron chi connectivity index (χ4n) is 0.799. The Hall–Kier alpha value is -0.970. The van der Waals surface area contributed by atoms with Crippen molar-refractivity contribution in [2.24, 2.45) is 0 Å². The van der Waals surface area contributed by atoms with Crippen molar-refractivity contribution < 1.29 is 9.53 Å². The highest BCUT2D eigenvalue weighted by molar-refractivity contribution is 5.67. The largest absolute Gasteiger partial charge is 0.372 e. The van der Waals surface area contributed by atoms with Crippen LogP contribution >= 0.6 is 0 Å². The molecule has 0 amide bonds. The van der Waals surface area contributed by atoms with E-state index in [9.17, 15) is 4.79 Å². The minimum atomic E-state index is -0.337. The molecule has 0 aromatic rings. The van der Waals surface area contributed by atoms with Crippen LogP contribution in [0.2, 0.25) is 0 Å². The zero-order chi connectivity index (χ0) is 9.23. The Bertz CT molecular complexity index is 174. The zero-order valence-electron chi connectivity index (χ0n) is 7.85. The molecule has 0 spiro atoms. The summed E-state index contributed by atoms with van der Waals surface area (Å²) in [5.41, 5.74) is 0. The molecule has 2 heteroatoms. The van der Waals surface area contributed by atoms with E-state index in [2.05, 4.69) is 23.7 Å². The third-order valence-electron chi connectivity index (χ3n) is 1.42. The number of rotatable bonds is 4. The molecule has 0 saturated heterocycles. The highest BCUT2D eigenvalue weighted by atomic mass is 16.5. The molecule has 0 N–H and O–H groups in total. The van der Waals surface area contributed by atoms with Crippen molar-refractivity contribution in [3.05, 3.63) is 0 Å². The van der Waals surface area contributed by atoms with Crippen molar-refractivity contribution in [2.75, 3.05) is 0 Å². The minimum absolute atomic E-state index is 0.337. The Morgan fingerprint density at radius 1 is 1.33 bits per heavy atom. The summed E-state index contributed by atoms with van der Waals surface area (Å²) in [6.07, 6.45) is 7.99. The summed E-state index contributed by atoms with van der Waals surface area (Å²) in [5.74, 6) is 2.45. The highest BCUT2D eigenvalue weighted by Gasteiger charge is 1.85. The molecule has 0 aliphatic heterocycles. The van der Waals surface area contributed by atoms with Gasteiger partial charge in [0, 0.05) is 13.3 Å². The SMILES string of the molecule is CCCCCCC#COC(C)=O. The molecule has 12 heavy (non-hydrogen) atoms. The maximum Gasteiger partial charge on any atom is 0.316 e. The van der Waals surface area contributed by atoms with Crippen molar-refractivity contribution in [1.82, 2.24) is 0 Å². The van der Waals surface area contributed by atoms with Gasteiger partial charge in [-0.3, -0.25) is 4.79 Å². The molecule has 0 heterocycles. The molecule has 0 bridgehead atoms. The van der Waals surface area contributed by atoms with Crippen LogP contribution in [0.25, 0.3) is 0 Å². The lowest BCUT2D eigenvalue weighted by Gasteiger charge is -1.91. The summed E-state index contributed by atoms with van der Waals surface area (Å²) >= 11 is 0. The van der Waals surface area contributed by atoms with E-state index < -0.39 is 0 Å². The molecule has 68 valence electrons. The lowest BCUT2D eigenvalue weighted by atomic mass is 10.2. The van der Waals surface area contributed by atoms with Crippen LogP contribution in [-0.2, 0) is 9.53 Å². The normalized spacial score (nSPS) is 8.50. The van der Waals surface area contributed by atoms with Crippen LogP contribution in [-0.4, -0.2) is 5.97 Å². The van der Waals surface area contributed by atoms with Crippen molar-refractivity contribution in [2.45, 2.75) is 46.0 Å². The number of ether oxygens (including phenoxy) is 1. The third-order valence-corrected chi connectivity index (χ3v) is 1.42. The van der Waals surface area contributed by atoms with Crippen molar-refractivity contribution >= 4 is 5.97 Å². The number of esters is 1. The number of carbonyl (C=O) groups excluding carboxylic acids is 1. The van der Waals surface area contributed by atoms with Crippen molar-refractivity contribution in [3.8, 4) is 12.0 Å². The van der Waals surface area contributed by atoms with Gasteiger partial charge < -0.3 is 4.74 Å². The lowest BCUT2D eigenvalue weighted by molar-refractivity contribution is -0.134. The fraction of sp³-hybridized carbons (Fsp3) is 0.700. The van der Waals surface area contributed by atoms with Gasteiger partial charge >= 0.3 is 5.97 Å². The molecule has 0 aliphatic rings. The Morgan fingerprint density at radius 3 is 2.67 bits per heavy atom. The van der Waals surface area contributed by atoms with E-state index in [1.165, 1.54) is 26.2 Å². The quantitative estimate of drug-likeness (QED) is 0.366. The van der Waals surface area contributed by atoms with E-state index in [1.54, 1.807) is 0 Å². The van der Waals surface area contributed by atoms with Crippen molar-refractivity contribution in [1.29, 1.82) is 0 Å². The summed E-state index contributed by atoms with van der Waals surface area (Å²) in [7, 11) is 0. The van der Waals surface area contributed by atoms with Gasteiger partial charge in [-0.05, 0) is 6.42 Å². The third kappa shape index (κ3) is 9.03. The molecule has 0 aromatic carbocycles. The first-order valence-corrected chi connectivity index (χ1v) is 4.42. The number of carbonyl (C=O) groups is 1. The van der Waals surface area contributed by atoms with Gasteiger partial charge in [0.25, 0.3) is 0 Å². The predicted molar refractivity (Wildman–Crippen MR) is 48.3 cm³/mol. The Kier molecular flexibility index (Phi) is 7.47. The average molecular weight is 168 g/mol. The van der Waals surface area contributed by atoms with E-state index >= 15 is 0 Å². The van der Waals surface area contributed by atoms with Gasteiger partial charge in [0.05, 0.1) is 0 Å². The molecule has 0 unspecified atom stereocenters. The zero-order valence-corrected chi connectivity index (χ0v) is 7.85. The van der Waals surface area contributed by atoms with Crippen LogP contribution in [0.5, 0.6) is 0 Å². The van der Waals surface area contributed by atoms with E-state index in [4.69, 9.17) is 0 Å². The standard InChI is InChI=1S/C10H16O2/c1-3-4-5-6-7-8-9-12-10(2)11/h3-7H2,1-2H3. The van der Waals surface area contributed by atoms with E-state index in [0.717, 1.165) is 12.8 Å².